The Morgan fingerprint density at radius 2 is 1.56 bits per heavy atom. The molecule has 1 unspecified atom stereocenters. The van der Waals surface area contributed by atoms with Gasteiger partial charge in [-0.05, 0) is 35.8 Å². The van der Waals surface area contributed by atoms with Gasteiger partial charge in [-0.3, -0.25) is 0 Å². The van der Waals surface area contributed by atoms with Crippen LogP contribution in [0.2, 0.25) is 0 Å². The zero-order chi connectivity index (χ0) is 12.0. The Morgan fingerprint density at radius 3 is 2.00 bits per heavy atom. The summed E-state index contributed by atoms with van der Waals surface area (Å²) in [4.78, 5) is 10.5. The first kappa shape index (κ1) is 13.0. The molecule has 0 saturated carbocycles. The molecule has 0 heterocycles. The van der Waals surface area contributed by atoms with Gasteiger partial charge in [-0.1, -0.05) is 45.0 Å². The van der Waals surface area contributed by atoms with Gasteiger partial charge in [0.05, 0.1) is 0 Å². The van der Waals surface area contributed by atoms with Crippen molar-refractivity contribution in [1.29, 1.82) is 0 Å². The van der Waals surface area contributed by atoms with Crippen LogP contribution in [-0.2, 0) is 4.79 Å². The molecule has 1 heteroatoms. The predicted molar refractivity (Wildman–Crippen MR) is 68.9 cm³/mol. The van der Waals surface area contributed by atoms with Crippen LogP contribution >= 0.6 is 0 Å². The van der Waals surface area contributed by atoms with E-state index in [1.54, 1.807) is 0 Å². The molecule has 16 heavy (non-hydrogen) atoms. The summed E-state index contributed by atoms with van der Waals surface area (Å²) in [5.41, 5.74) is 2.69. The molecule has 0 bridgehead atoms. The first-order valence-electron chi connectivity index (χ1n) is 6.26. The fourth-order valence-electron chi connectivity index (χ4n) is 2.14. The van der Waals surface area contributed by atoms with Gasteiger partial charge in [0.15, 0.2) is 0 Å². The molecule has 0 spiro atoms. The van der Waals surface area contributed by atoms with Crippen LogP contribution in [0.25, 0.3) is 0 Å². The van der Waals surface area contributed by atoms with Gasteiger partial charge in [-0.2, -0.15) is 0 Å². The monoisotopic (exact) mass is 218 g/mol. The number of aldehydes is 1. The summed E-state index contributed by atoms with van der Waals surface area (Å²) in [5, 5.41) is 0. The minimum Gasteiger partial charge on any atom is -0.303 e. The van der Waals surface area contributed by atoms with E-state index in [1.165, 1.54) is 24.0 Å². The predicted octanol–water partition coefficient (Wildman–Crippen LogP) is 4.28. The molecule has 1 nitrogen and oxygen atoms in total. The molecule has 0 N–H and O–H groups in total. The molecule has 0 aromatic heterocycles. The Bertz CT molecular complexity index is 309. The number of carbonyl (C=O) groups is 1. The molecule has 88 valence electrons. The highest BCUT2D eigenvalue weighted by molar-refractivity contribution is 5.51. The van der Waals surface area contributed by atoms with Crippen LogP contribution in [0.1, 0.15) is 63.0 Å². The second kappa shape index (κ2) is 6.47. The third-order valence-electron chi connectivity index (χ3n) is 3.41. The van der Waals surface area contributed by atoms with Crippen molar-refractivity contribution in [1.82, 2.24) is 0 Å². The maximum Gasteiger partial charge on any atom is 0.120 e. The zero-order valence-electron chi connectivity index (χ0n) is 10.6. The molecular weight excluding hydrogens is 196 g/mol. The van der Waals surface area contributed by atoms with E-state index in [0.717, 1.165) is 6.29 Å². The third-order valence-corrected chi connectivity index (χ3v) is 3.41. The van der Waals surface area contributed by atoms with Crippen molar-refractivity contribution in [2.24, 2.45) is 0 Å². The fourth-order valence-corrected chi connectivity index (χ4v) is 2.14. The molecule has 0 fully saturated rings. The van der Waals surface area contributed by atoms with Crippen molar-refractivity contribution in [2.75, 3.05) is 0 Å². The average Bonchev–Trinajstić information content (AvgIpc) is 2.32. The summed E-state index contributed by atoms with van der Waals surface area (Å²) < 4.78 is 0. The molecule has 1 rings (SSSR count). The lowest BCUT2D eigenvalue weighted by Gasteiger charge is -2.14. The zero-order valence-corrected chi connectivity index (χ0v) is 10.6. The van der Waals surface area contributed by atoms with Crippen molar-refractivity contribution in [3.8, 4) is 0 Å². The summed E-state index contributed by atoms with van der Waals surface area (Å²) in [7, 11) is 0. The van der Waals surface area contributed by atoms with E-state index >= 15 is 0 Å². The third kappa shape index (κ3) is 3.19. The van der Waals surface area contributed by atoms with Crippen molar-refractivity contribution in [3.05, 3.63) is 35.4 Å². The highest BCUT2D eigenvalue weighted by Gasteiger charge is 2.08. The first-order chi connectivity index (χ1) is 7.72. The van der Waals surface area contributed by atoms with Crippen LogP contribution in [0.15, 0.2) is 24.3 Å². The lowest BCUT2D eigenvalue weighted by atomic mass is 9.91. The van der Waals surface area contributed by atoms with Crippen LogP contribution in [-0.4, -0.2) is 6.29 Å². The smallest absolute Gasteiger partial charge is 0.120 e. The number of rotatable bonds is 6. The van der Waals surface area contributed by atoms with Gasteiger partial charge in [0.25, 0.3) is 0 Å². The van der Waals surface area contributed by atoms with E-state index in [9.17, 15) is 4.79 Å². The average molecular weight is 218 g/mol. The molecule has 1 aromatic rings. The maximum atomic E-state index is 10.5. The summed E-state index contributed by atoms with van der Waals surface area (Å²) in [6, 6.07) is 8.77. The van der Waals surface area contributed by atoms with Crippen molar-refractivity contribution < 1.29 is 4.79 Å². The van der Waals surface area contributed by atoms with Gasteiger partial charge < -0.3 is 4.79 Å². The van der Waals surface area contributed by atoms with Crippen LogP contribution in [0.3, 0.4) is 0 Å². The van der Waals surface area contributed by atoms with Gasteiger partial charge in [-0.15, -0.1) is 0 Å². The SMILES string of the molecule is CCC(CC)c1ccc(C(C)CC=O)cc1. The number of carbonyl (C=O) groups excluding carboxylic acids is 1. The first-order valence-corrected chi connectivity index (χ1v) is 6.26. The Labute approximate surface area is 98.9 Å². The van der Waals surface area contributed by atoms with Gasteiger partial charge in [0.2, 0.25) is 0 Å². The van der Waals surface area contributed by atoms with E-state index in [4.69, 9.17) is 0 Å². The summed E-state index contributed by atoms with van der Waals surface area (Å²) >= 11 is 0. The molecular formula is C15H22O. The lowest BCUT2D eigenvalue weighted by Crippen LogP contribution is -1.98. The van der Waals surface area contributed by atoms with E-state index in [1.807, 2.05) is 0 Å². The minimum absolute atomic E-state index is 0.341. The molecule has 0 saturated heterocycles. The molecule has 0 aliphatic heterocycles. The summed E-state index contributed by atoms with van der Waals surface area (Å²) in [6.07, 6.45) is 4.00. The number of hydrogen-bond donors (Lipinski definition) is 0. The minimum atomic E-state index is 0.341. The topological polar surface area (TPSA) is 17.1 Å². The largest absolute Gasteiger partial charge is 0.303 e. The number of benzene rings is 1. The Hall–Kier alpha value is -1.11. The lowest BCUT2D eigenvalue weighted by molar-refractivity contribution is -0.108. The normalized spacial score (nSPS) is 12.8. The van der Waals surface area contributed by atoms with Crippen molar-refractivity contribution >= 4 is 6.29 Å². The standard InChI is InChI=1S/C15H22O/c1-4-13(5-2)15-8-6-14(7-9-15)12(3)10-11-16/h6-9,11-13H,4-5,10H2,1-3H3. The van der Waals surface area contributed by atoms with E-state index in [-0.39, 0.29) is 0 Å². The molecule has 0 aliphatic rings. The van der Waals surface area contributed by atoms with Crippen LogP contribution < -0.4 is 0 Å². The molecule has 0 amide bonds. The van der Waals surface area contributed by atoms with Gasteiger partial charge in [0, 0.05) is 6.42 Å². The molecule has 0 radical (unpaired) electrons. The van der Waals surface area contributed by atoms with E-state index in [0.29, 0.717) is 18.3 Å². The Kier molecular flexibility index (Phi) is 5.24. The molecule has 0 aliphatic carbocycles. The highest BCUT2D eigenvalue weighted by atomic mass is 16.1. The molecule has 1 aromatic carbocycles. The Balaban J connectivity index is 2.77. The van der Waals surface area contributed by atoms with Gasteiger partial charge in [-0.25, -0.2) is 0 Å². The van der Waals surface area contributed by atoms with Crippen LogP contribution in [0, 0.1) is 0 Å². The van der Waals surface area contributed by atoms with Crippen molar-refractivity contribution in [3.63, 3.8) is 0 Å². The Morgan fingerprint density at radius 1 is 1.06 bits per heavy atom. The van der Waals surface area contributed by atoms with Gasteiger partial charge in [0.1, 0.15) is 6.29 Å². The van der Waals surface area contributed by atoms with Crippen LogP contribution in [0.5, 0.6) is 0 Å². The quantitative estimate of drug-likeness (QED) is 0.651. The van der Waals surface area contributed by atoms with E-state index in [2.05, 4.69) is 45.0 Å². The maximum absolute atomic E-state index is 10.5. The second-order valence-corrected chi connectivity index (χ2v) is 4.48. The molecule has 1 atom stereocenters. The highest BCUT2D eigenvalue weighted by Crippen LogP contribution is 2.25. The van der Waals surface area contributed by atoms with E-state index < -0.39 is 0 Å². The fraction of sp³-hybridized carbons (Fsp3) is 0.533. The second-order valence-electron chi connectivity index (χ2n) is 4.48. The van der Waals surface area contributed by atoms with Crippen LogP contribution in [0.4, 0.5) is 0 Å². The summed E-state index contributed by atoms with van der Waals surface area (Å²) in [5.74, 6) is 1.02. The number of hydrogen-bond acceptors (Lipinski definition) is 1. The van der Waals surface area contributed by atoms with Crippen molar-refractivity contribution in [2.45, 2.75) is 51.9 Å². The van der Waals surface area contributed by atoms with Gasteiger partial charge >= 0.3 is 0 Å². The summed E-state index contributed by atoms with van der Waals surface area (Å²) in [6.45, 7) is 6.56.